The molecule has 1 heterocycles. The van der Waals surface area contributed by atoms with Crippen LogP contribution in [-0.2, 0) is 5.41 Å². The minimum absolute atomic E-state index is 0.245. The van der Waals surface area contributed by atoms with Crippen molar-refractivity contribution in [1.82, 2.24) is 5.32 Å². The highest BCUT2D eigenvalue weighted by molar-refractivity contribution is 7.99. The zero-order valence-corrected chi connectivity index (χ0v) is 13.5. The Kier molecular flexibility index (Phi) is 4.97. The van der Waals surface area contributed by atoms with Crippen molar-refractivity contribution in [3.05, 3.63) is 35.4 Å². The second-order valence-corrected chi connectivity index (χ2v) is 7.82. The fourth-order valence-corrected chi connectivity index (χ4v) is 3.68. The summed E-state index contributed by atoms with van der Waals surface area (Å²) in [4.78, 5) is 0. The fourth-order valence-electron chi connectivity index (χ4n) is 2.59. The first-order valence-electron chi connectivity index (χ1n) is 7.41. The van der Waals surface area contributed by atoms with E-state index in [1.165, 1.54) is 35.5 Å². The molecule has 1 fully saturated rings. The van der Waals surface area contributed by atoms with Crippen LogP contribution in [0.4, 0.5) is 0 Å². The molecule has 0 bridgehead atoms. The third kappa shape index (κ3) is 4.25. The van der Waals surface area contributed by atoms with E-state index in [0.29, 0.717) is 12.1 Å². The lowest BCUT2D eigenvalue weighted by atomic mass is 9.86. The number of benzene rings is 1. The first kappa shape index (κ1) is 14.9. The van der Waals surface area contributed by atoms with E-state index >= 15 is 0 Å². The van der Waals surface area contributed by atoms with E-state index in [1.54, 1.807) is 0 Å². The van der Waals surface area contributed by atoms with E-state index in [1.807, 2.05) is 0 Å². The molecular weight excluding hydrogens is 250 g/mol. The number of hydrogen-bond acceptors (Lipinski definition) is 2. The van der Waals surface area contributed by atoms with Gasteiger partial charge in [0.2, 0.25) is 0 Å². The van der Waals surface area contributed by atoms with Crippen molar-refractivity contribution in [3.63, 3.8) is 0 Å². The number of hydrogen-bond donors (Lipinski definition) is 1. The van der Waals surface area contributed by atoms with Gasteiger partial charge in [0.25, 0.3) is 0 Å². The largest absolute Gasteiger partial charge is 0.307 e. The van der Waals surface area contributed by atoms with Gasteiger partial charge in [-0.25, -0.2) is 0 Å². The quantitative estimate of drug-likeness (QED) is 0.871. The first-order chi connectivity index (χ1) is 8.97. The lowest BCUT2D eigenvalue weighted by Gasteiger charge is -2.27. The summed E-state index contributed by atoms with van der Waals surface area (Å²) < 4.78 is 0. The summed E-state index contributed by atoms with van der Waals surface area (Å²) >= 11 is 2.08. The van der Waals surface area contributed by atoms with Crippen molar-refractivity contribution < 1.29 is 0 Å². The van der Waals surface area contributed by atoms with Crippen LogP contribution in [0.25, 0.3) is 0 Å². The van der Waals surface area contributed by atoms with Gasteiger partial charge in [0.15, 0.2) is 0 Å². The molecule has 0 saturated carbocycles. The summed E-state index contributed by atoms with van der Waals surface area (Å²) in [6.07, 6.45) is 2.69. The highest BCUT2D eigenvalue weighted by Gasteiger charge is 2.17. The van der Waals surface area contributed by atoms with Crippen LogP contribution in [-0.4, -0.2) is 17.5 Å². The van der Waals surface area contributed by atoms with Crippen molar-refractivity contribution >= 4 is 11.8 Å². The Labute approximate surface area is 122 Å². The number of nitrogens with one attached hydrogen (secondary N) is 1. The molecule has 2 heteroatoms. The molecule has 1 N–H and O–H groups in total. The van der Waals surface area contributed by atoms with Gasteiger partial charge in [-0.05, 0) is 42.1 Å². The number of rotatable bonds is 3. The smallest absolute Gasteiger partial charge is 0.0294 e. The molecule has 2 atom stereocenters. The Balaban J connectivity index is 1.97. The molecular formula is C17H27NS. The Bertz CT molecular complexity index is 385. The summed E-state index contributed by atoms with van der Waals surface area (Å²) in [5.41, 5.74) is 3.06. The molecule has 0 spiro atoms. The van der Waals surface area contributed by atoms with Crippen LogP contribution in [0, 0.1) is 0 Å². The summed E-state index contributed by atoms with van der Waals surface area (Å²) in [6.45, 7) is 9.08. The van der Waals surface area contributed by atoms with Gasteiger partial charge < -0.3 is 5.32 Å². The molecule has 0 aromatic heterocycles. The maximum absolute atomic E-state index is 3.77. The summed E-state index contributed by atoms with van der Waals surface area (Å²) in [5, 5.41) is 3.77. The number of thioether (sulfide) groups is 1. The van der Waals surface area contributed by atoms with Crippen LogP contribution in [0.2, 0.25) is 0 Å². The van der Waals surface area contributed by atoms with Gasteiger partial charge in [-0.1, -0.05) is 45.0 Å². The summed E-state index contributed by atoms with van der Waals surface area (Å²) in [6, 6.07) is 10.3. The van der Waals surface area contributed by atoms with Crippen LogP contribution < -0.4 is 5.32 Å². The molecule has 19 heavy (non-hydrogen) atoms. The third-order valence-electron chi connectivity index (χ3n) is 3.92. The lowest BCUT2D eigenvalue weighted by Crippen LogP contribution is -2.35. The van der Waals surface area contributed by atoms with Gasteiger partial charge in [0.05, 0.1) is 0 Å². The van der Waals surface area contributed by atoms with Crippen molar-refractivity contribution in [2.24, 2.45) is 0 Å². The highest BCUT2D eigenvalue weighted by atomic mass is 32.2. The molecule has 1 aromatic rings. The molecule has 106 valence electrons. The Hall–Kier alpha value is -0.470. The Morgan fingerprint density at radius 1 is 1.21 bits per heavy atom. The molecule has 0 aliphatic carbocycles. The first-order valence-corrected chi connectivity index (χ1v) is 8.56. The molecule has 0 radical (unpaired) electrons. The van der Waals surface area contributed by atoms with Gasteiger partial charge in [-0.2, -0.15) is 11.8 Å². The van der Waals surface area contributed by atoms with Crippen molar-refractivity contribution in [2.75, 3.05) is 11.5 Å². The predicted octanol–water partition coefficient (Wildman–Crippen LogP) is 4.53. The molecule has 0 amide bonds. The van der Waals surface area contributed by atoms with Crippen molar-refractivity contribution in [1.29, 1.82) is 0 Å². The zero-order valence-electron chi connectivity index (χ0n) is 12.7. The second kappa shape index (κ2) is 6.32. The summed E-state index contributed by atoms with van der Waals surface area (Å²) in [7, 11) is 0. The SMILES string of the molecule is CC(NC1CCCSC1)c1ccc(C(C)(C)C)cc1. The average molecular weight is 277 g/mol. The van der Waals surface area contributed by atoms with E-state index in [4.69, 9.17) is 0 Å². The monoisotopic (exact) mass is 277 g/mol. The minimum atomic E-state index is 0.245. The lowest BCUT2D eigenvalue weighted by molar-refractivity contribution is 0.452. The van der Waals surface area contributed by atoms with Crippen LogP contribution in [0.15, 0.2) is 24.3 Å². The van der Waals surface area contributed by atoms with E-state index < -0.39 is 0 Å². The van der Waals surface area contributed by atoms with Gasteiger partial charge in [-0.15, -0.1) is 0 Å². The van der Waals surface area contributed by atoms with Crippen LogP contribution >= 0.6 is 11.8 Å². The van der Waals surface area contributed by atoms with E-state index in [0.717, 1.165) is 0 Å². The molecule has 1 nitrogen and oxygen atoms in total. The van der Waals surface area contributed by atoms with Crippen molar-refractivity contribution in [3.8, 4) is 0 Å². The normalized spacial score (nSPS) is 22.2. The molecule has 1 aromatic carbocycles. The topological polar surface area (TPSA) is 12.0 Å². The van der Waals surface area contributed by atoms with Gasteiger partial charge in [0, 0.05) is 17.8 Å². The molecule has 2 unspecified atom stereocenters. The second-order valence-electron chi connectivity index (χ2n) is 6.67. The Morgan fingerprint density at radius 2 is 1.89 bits per heavy atom. The Morgan fingerprint density at radius 3 is 2.42 bits per heavy atom. The van der Waals surface area contributed by atoms with Crippen LogP contribution in [0.3, 0.4) is 0 Å². The van der Waals surface area contributed by atoms with Crippen molar-refractivity contribution in [2.45, 2.75) is 58.0 Å². The highest BCUT2D eigenvalue weighted by Crippen LogP contribution is 2.25. The predicted molar refractivity (Wildman–Crippen MR) is 87.0 cm³/mol. The minimum Gasteiger partial charge on any atom is -0.307 e. The molecule has 1 aliphatic heterocycles. The fraction of sp³-hybridized carbons (Fsp3) is 0.647. The van der Waals surface area contributed by atoms with E-state index in [2.05, 4.69) is 69.0 Å². The van der Waals surface area contributed by atoms with Crippen LogP contribution in [0.5, 0.6) is 0 Å². The summed E-state index contributed by atoms with van der Waals surface area (Å²) in [5.74, 6) is 2.61. The molecule has 2 rings (SSSR count). The van der Waals surface area contributed by atoms with Gasteiger partial charge in [-0.3, -0.25) is 0 Å². The average Bonchev–Trinajstić information content (AvgIpc) is 2.39. The van der Waals surface area contributed by atoms with Gasteiger partial charge in [0.1, 0.15) is 0 Å². The van der Waals surface area contributed by atoms with Gasteiger partial charge >= 0.3 is 0 Å². The van der Waals surface area contributed by atoms with E-state index in [9.17, 15) is 0 Å². The maximum Gasteiger partial charge on any atom is 0.0294 e. The maximum atomic E-state index is 3.77. The zero-order chi connectivity index (χ0) is 13.9. The standard InChI is InChI=1S/C17H27NS/c1-13(18-16-6-5-11-19-12-16)14-7-9-15(10-8-14)17(2,3)4/h7-10,13,16,18H,5-6,11-12H2,1-4H3. The van der Waals surface area contributed by atoms with E-state index in [-0.39, 0.29) is 5.41 Å². The third-order valence-corrected chi connectivity index (χ3v) is 5.14. The molecule has 1 saturated heterocycles. The van der Waals surface area contributed by atoms with Crippen LogP contribution in [0.1, 0.15) is 57.7 Å². The molecule has 1 aliphatic rings.